The highest BCUT2D eigenvalue weighted by atomic mass is 19.1. The highest BCUT2D eigenvalue weighted by Crippen LogP contribution is 2.17. The number of halogens is 1. The Balaban J connectivity index is 2.55. The number of nitrogens with one attached hydrogen (secondary N) is 1. The van der Waals surface area contributed by atoms with Crippen LogP contribution in [-0.2, 0) is 9.57 Å². The number of carbonyl (C=O) groups is 1. The molecule has 1 amide bonds. The van der Waals surface area contributed by atoms with Crippen LogP contribution in [0.5, 0.6) is 5.75 Å². The molecule has 88 valence electrons. The first-order chi connectivity index (χ1) is 7.65. The van der Waals surface area contributed by atoms with Crippen molar-refractivity contribution in [2.24, 2.45) is 0 Å². The molecule has 0 radical (unpaired) electrons. The number of carbonyl (C=O) groups excluding carboxylic acids is 1. The van der Waals surface area contributed by atoms with Gasteiger partial charge in [0.1, 0.15) is 11.6 Å². The van der Waals surface area contributed by atoms with Gasteiger partial charge >= 0.3 is 0 Å². The number of phenolic OH excluding ortho intramolecular Hbond substituents is 1. The molecule has 1 aromatic carbocycles. The van der Waals surface area contributed by atoms with Crippen molar-refractivity contribution >= 4 is 5.91 Å². The van der Waals surface area contributed by atoms with Gasteiger partial charge in [-0.3, -0.25) is 9.63 Å². The molecule has 0 aliphatic rings. The molecule has 1 aromatic rings. The molecule has 2 N–H and O–H groups in total. The highest BCUT2D eigenvalue weighted by molar-refractivity contribution is 5.96. The summed E-state index contributed by atoms with van der Waals surface area (Å²) < 4.78 is 17.5. The molecule has 0 bridgehead atoms. The van der Waals surface area contributed by atoms with Crippen molar-refractivity contribution in [2.75, 3.05) is 20.3 Å². The molecule has 0 spiro atoms. The average Bonchev–Trinajstić information content (AvgIpc) is 2.27. The maximum Gasteiger partial charge on any atom is 0.278 e. The number of hydroxylamine groups is 1. The van der Waals surface area contributed by atoms with Crippen LogP contribution < -0.4 is 5.48 Å². The third kappa shape index (κ3) is 3.48. The molecule has 0 aromatic heterocycles. The monoisotopic (exact) mass is 229 g/mol. The van der Waals surface area contributed by atoms with Crippen molar-refractivity contribution in [2.45, 2.75) is 0 Å². The second kappa shape index (κ2) is 6.04. The first-order valence-electron chi connectivity index (χ1n) is 4.54. The van der Waals surface area contributed by atoms with Crippen LogP contribution in [0.1, 0.15) is 10.4 Å². The number of aromatic hydroxyl groups is 1. The molecule has 0 heterocycles. The summed E-state index contributed by atoms with van der Waals surface area (Å²) in [6, 6.07) is 3.07. The van der Waals surface area contributed by atoms with E-state index in [0.29, 0.717) is 6.61 Å². The van der Waals surface area contributed by atoms with Gasteiger partial charge < -0.3 is 9.84 Å². The summed E-state index contributed by atoms with van der Waals surface area (Å²) in [6.07, 6.45) is 0. The predicted octanol–water partition coefficient (Wildman–Crippen LogP) is 0.839. The van der Waals surface area contributed by atoms with E-state index in [0.717, 1.165) is 18.2 Å². The fraction of sp³-hybridized carbons (Fsp3) is 0.300. The summed E-state index contributed by atoms with van der Waals surface area (Å²) >= 11 is 0. The van der Waals surface area contributed by atoms with Crippen molar-refractivity contribution in [3.8, 4) is 5.75 Å². The molecule has 0 fully saturated rings. The number of amides is 1. The largest absolute Gasteiger partial charge is 0.507 e. The predicted molar refractivity (Wildman–Crippen MR) is 53.4 cm³/mol. The number of methoxy groups -OCH3 is 1. The molecule has 0 saturated carbocycles. The van der Waals surface area contributed by atoms with Crippen LogP contribution in [0.4, 0.5) is 4.39 Å². The Bertz CT molecular complexity index is 370. The van der Waals surface area contributed by atoms with Gasteiger partial charge in [0, 0.05) is 7.11 Å². The lowest BCUT2D eigenvalue weighted by Gasteiger charge is -2.06. The van der Waals surface area contributed by atoms with E-state index < -0.39 is 11.7 Å². The van der Waals surface area contributed by atoms with Gasteiger partial charge in [-0.1, -0.05) is 0 Å². The summed E-state index contributed by atoms with van der Waals surface area (Å²) in [6.45, 7) is 0.480. The van der Waals surface area contributed by atoms with Crippen molar-refractivity contribution in [3.05, 3.63) is 29.6 Å². The molecule has 0 unspecified atom stereocenters. The maximum atomic E-state index is 12.8. The third-order valence-corrected chi connectivity index (χ3v) is 1.76. The van der Waals surface area contributed by atoms with Crippen molar-refractivity contribution in [3.63, 3.8) is 0 Å². The van der Waals surface area contributed by atoms with Crippen LogP contribution in [0.15, 0.2) is 18.2 Å². The maximum absolute atomic E-state index is 12.8. The van der Waals surface area contributed by atoms with Crippen molar-refractivity contribution in [1.29, 1.82) is 0 Å². The summed E-state index contributed by atoms with van der Waals surface area (Å²) in [5.74, 6) is -1.64. The second-order valence-electron chi connectivity index (χ2n) is 2.93. The van der Waals surface area contributed by atoms with Crippen LogP contribution in [0.25, 0.3) is 0 Å². The second-order valence-corrected chi connectivity index (χ2v) is 2.93. The van der Waals surface area contributed by atoms with Crippen LogP contribution in [-0.4, -0.2) is 31.3 Å². The fourth-order valence-electron chi connectivity index (χ4n) is 0.987. The average molecular weight is 229 g/mol. The molecule has 1 rings (SSSR count). The highest BCUT2D eigenvalue weighted by Gasteiger charge is 2.11. The van der Waals surface area contributed by atoms with Gasteiger partial charge in [0.05, 0.1) is 18.8 Å². The minimum atomic E-state index is -0.715. The molecule has 0 aliphatic heterocycles. The van der Waals surface area contributed by atoms with Crippen LogP contribution in [0.3, 0.4) is 0 Å². The SMILES string of the molecule is COCCONC(=O)c1cc(F)ccc1O. The van der Waals surface area contributed by atoms with Gasteiger partial charge in [0.15, 0.2) is 0 Å². The number of hydrogen-bond donors (Lipinski definition) is 2. The zero-order chi connectivity index (χ0) is 12.0. The van der Waals surface area contributed by atoms with Gasteiger partial charge in [0.25, 0.3) is 5.91 Å². The van der Waals surface area contributed by atoms with E-state index in [1.54, 1.807) is 0 Å². The Morgan fingerprint density at radius 1 is 1.50 bits per heavy atom. The molecular weight excluding hydrogens is 217 g/mol. The Morgan fingerprint density at radius 2 is 2.25 bits per heavy atom. The minimum Gasteiger partial charge on any atom is -0.507 e. The Kier molecular flexibility index (Phi) is 4.68. The molecule has 0 aliphatic carbocycles. The van der Waals surface area contributed by atoms with Crippen LogP contribution in [0, 0.1) is 5.82 Å². The zero-order valence-corrected chi connectivity index (χ0v) is 8.70. The van der Waals surface area contributed by atoms with E-state index >= 15 is 0 Å². The van der Waals surface area contributed by atoms with E-state index in [2.05, 4.69) is 10.2 Å². The van der Waals surface area contributed by atoms with Crippen molar-refractivity contribution in [1.82, 2.24) is 5.48 Å². The Morgan fingerprint density at radius 3 is 2.94 bits per heavy atom. The van der Waals surface area contributed by atoms with Crippen LogP contribution >= 0.6 is 0 Å². The number of hydrogen-bond acceptors (Lipinski definition) is 4. The lowest BCUT2D eigenvalue weighted by molar-refractivity contribution is 0.00872. The molecule has 5 nitrogen and oxygen atoms in total. The summed E-state index contributed by atoms with van der Waals surface area (Å²) in [5, 5.41) is 9.30. The normalized spacial score (nSPS) is 10.1. The molecule has 16 heavy (non-hydrogen) atoms. The Labute approximate surface area is 91.7 Å². The topological polar surface area (TPSA) is 67.8 Å². The standard InChI is InChI=1S/C10H12FNO4/c1-15-4-5-16-12-10(14)8-6-7(11)2-3-9(8)13/h2-3,6,13H,4-5H2,1H3,(H,12,14). The lowest BCUT2D eigenvalue weighted by atomic mass is 10.2. The lowest BCUT2D eigenvalue weighted by Crippen LogP contribution is -2.25. The quantitative estimate of drug-likeness (QED) is 0.580. The number of benzene rings is 1. The van der Waals surface area contributed by atoms with Gasteiger partial charge in [-0.2, -0.15) is 0 Å². The van der Waals surface area contributed by atoms with E-state index in [-0.39, 0.29) is 17.9 Å². The van der Waals surface area contributed by atoms with Crippen molar-refractivity contribution < 1.29 is 23.9 Å². The van der Waals surface area contributed by atoms with E-state index in [1.807, 2.05) is 0 Å². The number of rotatable bonds is 5. The van der Waals surface area contributed by atoms with Gasteiger partial charge in [-0.25, -0.2) is 9.87 Å². The minimum absolute atomic E-state index is 0.165. The smallest absolute Gasteiger partial charge is 0.278 e. The molecule has 0 saturated heterocycles. The first kappa shape index (κ1) is 12.4. The number of ether oxygens (including phenoxy) is 1. The summed E-state index contributed by atoms with van der Waals surface area (Å²) in [5.41, 5.74) is 1.87. The van der Waals surface area contributed by atoms with Gasteiger partial charge in [-0.05, 0) is 18.2 Å². The van der Waals surface area contributed by atoms with E-state index in [4.69, 9.17) is 4.84 Å². The number of phenols is 1. The molecular formula is C10H12FNO4. The summed E-state index contributed by atoms with van der Waals surface area (Å²) in [7, 11) is 1.49. The fourth-order valence-corrected chi connectivity index (χ4v) is 0.987. The Hall–Kier alpha value is -1.66. The van der Waals surface area contributed by atoms with Crippen LogP contribution in [0.2, 0.25) is 0 Å². The summed E-state index contributed by atoms with van der Waals surface area (Å²) in [4.78, 5) is 16.1. The van der Waals surface area contributed by atoms with E-state index in [1.165, 1.54) is 7.11 Å². The molecule has 6 heteroatoms. The molecule has 0 atom stereocenters. The van der Waals surface area contributed by atoms with Gasteiger partial charge in [0.2, 0.25) is 0 Å². The third-order valence-electron chi connectivity index (χ3n) is 1.76. The zero-order valence-electron chi connectivity index (χ0n) is 8.70. The van der Waals surface area contributed by atoms with Gasteiger partial charge in [-0.15, -0.1) is 0 Å². The van der Waals surface area contributed by atoms with E-state index in [9.17, 15) is 14.3 Å². The first-order valence-corrected chi connectivity index (χ1v) is 4.54.